The average molecular weight is 395 g/mol. The molecule has 1 amide bonds. The third-order valence-electron chi connectivity index (χ3n) is 4.77. The monoisotopic (exact) mass is 394 g/mol. The van der Waals surface area contributed by atoms with Crippen LogP contribution in [-0.2, 0) is 14.2 Å². The number of carbonyl (C=O) groups is 1. The Balaban J connectivity index is 1.51. The zero-order valence-corrected chi connectivity index (χ0v) is 17.2. The number of ether oxygens (including phenoxy) is 4. The molecule has 1 heterocycles. The largest absolute Gasteiger partial charge is 0.494 e. The van der Waals surface area contributed by atoms with Crippen molar-refractivity contribution in [1.82, 2.24) is 0 Å². The molecule has 7 nitrogen and oxygen atoms in total. The Morgan fingerprint density at radius 3 is 2.32 bits per heavy atom. The van der Waals surface area contributed by atoms with E-state index in [4.69, 9.17) is 24.8 Å². The number of rotatable bonds is 12. The van der Waals surface area contributed by atoms with Crippen LogP contribution in [0.1, 0.15) is 58.8 Å². The van der Waals surface area contributed by atoms with Crippen molar-refractivity contribution in [2.45, 2.75) is 64.6 Å². The number of carbonyl (C=O) groups excluding carboxylic acids is 1. The topological polar surface area (TPSA) is 83.3 Å². The van der Waals surface area contributed by atoms with Crippen LogP contribution in [-0.4, -0.2) is 38.3 Å². The standard InChI is InChI=1S/C21H34N2O5/c1-3-25-20(24)23(22)18-10-12-19(13-11-18)26-15-9-7-5-4-6-8-14-21(2)27-16-17-28-21/h10-13H,3-9,14-17,22H2,1-2H3. The molecular weight excluding hydrogens is 360 g/mol. The van der Waals surface area contributed by atoms with Gasteiger partial charge in [0, 0.05) is 6.42 Å². The van der Waals surface area contributed by atoms with Crippen LogP contribution in [0.2, 0.25) is 0 Å². The molecule has 0 atom stereocenters. The number of hydrogen-bond donors (Lipinski definition) is 1. The minimum absolute atomic E-state index is 0.288. The predicted molar refractivity (Wildman–Crippen MR) is 108 cm³/mol. The summed E-state index contributed by atoms with van der Waals surface area (Å²) in [5.74, 6) is 6.13. The van der Waals surface area contributed by atoms with Gasteiger partial charge in [0.05, 0.1) is 32.1 Å². The van der Waals surface area contributed by atoms with Crippen molar-refractivity contribution in [1.29, 1.82) is 0 Å². The molecule has 0 unspecified atom stereocenters. The van der Waals surface area contributed by atoms with Gasteiger partial charge in [-0.25, -0.2) is 15.6 Å². The molecule has 0 bridgehead atoms. The van der Waals surface area contributed by atoms with Gasteiger partial charge in [-0.2, -0.15) is 0 Å². The molecule has 0 spiro atoms. The number of unbranched alkanes of at least 4 members (excludes halogenated alkanes) is 5. The summed E-state index contributed by atoms with van der Waals surface area (Å²) in [7, 11) is 0. The van der Waals surface area contributed by atoms with Gasteiger partial charge in [0.2, 0.25) is 0 Å². The molecule has 0 aliphatic carbocycles. The molecule has 0 radical (unpaired) electrons. The van der Waals surface area contributed by atoms with Crippen LogP contribution < -0.4 is 15.6 Å². The quantitative estimate of drug-likeness (QED) is 0.245. The SMILES string of the molecule is CCOC(=O)N(N)c1ccc(OCCCCCCCCC2(C)OCCO2)cc1. The maximum Gasteiger partial charge on any atom is 0.428 e. The first-order valence-corrected chi connectivity index (χ1v) is 10.3. The van der Waals surface area contributed by atoms with Crippen molar-refractivity contribution >= 4 is 11.8 Å². The molecule has 0 saturated carbocycles. The number of hydrogen-bond acceptors (Lipinski definition) is 6. The number of nitrogens with zero attached hydrogens (tertiary/aromatic N) is 1. The van der Waals surface area contributed by atoms with Crippen molar-refractivity contribution in [2.24, 2.45) is 5.84 Å². The van der Waals surface area contributed by atoms with Gasteiger partial charge in [-0.1, -0.05) is 25.7 Å². The van der Waals surface area contributed by atoms with E-state index in [9.17, 15) is 4.79 Å². The highest BCUT2D eigenvalue weighted by atomic mass is 16.7. The zero-order valence-electron chi connectivity index (χ0n) is 17.2. The highest BCUT2D eigenvalue weighted by Gasteiger charge is 2.29. The summed E-state index contributed by atoms with van der Waals surface area (Å²) in [5, 5.41) is 0.985. The lowest BCUT2D eigenvalue weighted by molar-refractivity contribution is -0.147. The summed E-state index contributed by atoms with van der Waals surface area (Å²) in [6.07, 6.45) is 7.37. The van der Waals surface area contributed by atoms with Crippen LogP contribution in [0.3, 0.4) is 0 Å². The fraction of sp³-hybridized carbons (Fsp3) is 0.667. The lowest BCUT2D eigenvalue weighted by Gasteiger charge is -2.21. The van der Waals surface area contributed by atoms with E-state index in [1.807, 2.05) is 19.1 Å². The third kappa shape index (κ3) is 7.66. The first kappa shape index (κ1) is 22.5. The molecule has 1 fully saturated rings. The van der Waals surface area contributed by atoms with E-state index in [-0.39, 0.29) is 12.4 Å². The Labute approximate surface area is 168 Å². The zero-order chi connectivity index (χ0) is 20.2. The summed E-state index contributed by atoms with van der Waals surface area (Å²) in [5.41, 5.74) is 0.563. The summed E-state index contributed by atoms with van der Waals surface area (Å²) in [6, 6.07) is 7.10. The van der Waals surface area contributed by atoms with Crippen molar-refractivity contribution < 1.29 is 23.7 Å². The normalized spacial score (nSPS) is 15.4. The molecule has 158 valence electrons. The Bertz CT molecular complexity index is 573. The highest BCUT2D eigenvalue weighted by Crippen LogP contribution is 2.25. The van der Waals surface area contributed by atoms with Crippen LogP contribution in [0, 0.1) is 0 Å². The maximum atomic E-state index is 11.6. The second-order valence-electron chi connectivity index (χ2n) is 7.11. The van der Waals surface area contributed by atoms with E-state index in [2.05, 4.69) is 0 Å². The second-order valence-corrected chi connectivity index (χ2v) is 7.11. The molecule has 1 aliphatic rings. The maximum absolute atomic E-state index is 11.6. The van der Waals surface area contributed by atoms with Crippen LogP contribution in [0.15, 0.2) is 24.3 Å². The van der Waals surface area contributed by atoms with E-state index in [1.54, 1.807) is 19.1 Å². The summed E-state index contributed by atoms with van der Waals surface area (Å²) < 4.78 is 21.8. The van der Waals surface area contributed by atoms with Crippen molar-refractivity contribution in [2.75, 3.05) is 31.4 Å². The van der Waals surface area contributed by atoms with Crippen LogP contribution >= 0.6 is 0 Å². The van der Waals surface area contributed by atoms with Gasteiger partial charge in [-0.3, -0.25) is 0 Å². The van der Waals surface area contributed by atoms with Crippen molar-refractivity contribution in [3.8, 4) is 5.75 Å². The number of hydrazine groups is 1. The minimum atomic E-state index is -0.575. The van der Waals surface area contributed by atoms with E-state index in [0.29, 0.717) is 12.3 Å². The predicted octanol–water partition coefficient (Wildman–Crippen LogP) is 4.40. The summed E-state index contributed by atoms with van der Waals surface area (Å²) in [6.45, 7) is 6.18. The highest BCUT2D eigenvalue weighted by molar-refractivity contribution is 5.86. The van der Waals surface area contributed by atoms with Gasteiger partial charge in [0.1, 0.15) is 5.75 Å². The molecule has 0 aromatic heterocycles. The van der Waals surface area contributed by atoms with Crippen LogP contribution in [0.25, 0.3) is 0 Å². The number of anilines is 1. The molecule has 1 saturated heterocycles. The molecule has 1 aliphatic heterocycles. The lowest BCUT2D eigenvalue weighted by atomic mass is 10.1. The summed E-state index contributed by atoms with van der Waals surface area (Å²) in [4.78, 5) is 11.6. The van der Waals surface area contributed by atoms with Crippen molar-refractivity contribution in [3.63, 3.8) is 0 Å². The smallest absolute Gasteiger partial charge is 0.428 e. The number of nitrogens with two attached hydrogens (primary N) is 1. The van der Waals surface area contributed by atoms with Crippen LogP contribution in [0.4, 0.5) is 10.5 Å². The Morgan fingerprint density at radius 1 is 1.07 bits per heavy atom. The first-order valence-electron chi connectivity index (χ1n) is 10.3. The Hall–Kier alpha value is -1.83. The average Bonchev–Trinajstić information content (AvgIpc) is 3.13. The molecule has 28 heavy (non-hydrogen) atoms. The van der Waals surface area contributed by atoms with E-state index in [0.717, 1.165) is 49.7 Å². The van der Waals surface area contributed by atoms with Gasteiger partial charge in [0.25, 0.3) is 0 Å². The first-order chi connectivity index (χ1) is 13.5. The molecule has 1 aromatic rings. The molecule has 7 heteroatoms. The van der Waals surface area contributed by atoms with E-state index < -0.39 is 6.09 Å². The molecule has 1 aromatic carbocycles. The van der Waals surface area contributed by atoms with Gasteiger partial charge in [-0.05, 0) is 51.0 Å². The van der Waals surface area contributed by atoms with Crippen LogP contribution in [0.5, 0.6) is 5.75 Å². The van der Waals surface area contributed by atoms with E-state index in [1.165, 1.54) is 19.3 Å². The van der Waals surface area contributed by atoms with Gasteiger partial charge in [0.15, 0.2) is 5.79 Å². The minimum Gasteiger partial charge on any atom is -0.494 e. The van der Waals surface area contributed by atoms with Gasteiger partial charge in [-0.15, -0.1) is 0 Å². The Kier molecular flexibility index (Phi) is 9.54. The van der Waals surface area contributed by atoms with Gasteiger partial charge < -0.3 is 18.9 Å². The second kappa shape index (κ2) is 11.9. The van der Waals surface area contributed by atoms with Gasteiger partial charge >= 0.3 is 6.09 Å². The molecule has 2 rings (SSSR count). The number of amides is 1. The molecule has 2 N–H and O–H groups in total. The van der Waals surface area contributed by atoms with Crippen molar-refractivity contribution in [3.05, 3.63) is 24.3 Å². The summed E-state index contributed by atoms with van der Waals surface area (Å²) >= 11 is 0. The third-order valence-corrected chi connectivity index (χ3v) is 4.77. The van der Waals surface area contributed by atoms with E-state index >= 15 is 0 Å². The lowest BCUT2D eigenvalue weighted by Crippen LogP contribution is -2.37. The fourth-order valence-corrected chi connectivity index (χ4v) is 3.15. The number of benzene rings is 1. The molecular formula is C21H34N2O5. The Morgan fingerprint density at radius 2 is 1.68 bits per heavy atom. The fourth-order valence-electron chi connectivity index (χ4n) is 3.15.